The fourth-order valence-corrected chi connectivity index (χ4v) is 2.13. The normalized spacial score (nSPS) is 13.9. The summed E-state index contributed by atoms with van der Waals surface area (Å²) in [5.74, 6) is 0.479. The molecule has 0 spiro atoms. The standard InChI is InChI=1S/C15H24FNO3/c1-4-5-12(17)13(18)7-6-10-8-14(19-2)15(20-3)9-11(10)16/h8-9,12-13,18H,4-7,17H2,1-3H3. The Labute approximate surface area is 119 Å². The number of halogens is 1. The zero-order valence-electron chi connectivity index (χ0n) is 12.4. The Morgan fingerprint density at radius 1 is 1.20 bits per heavy atom. The smallest absolute Gasteiger partial charge is 0.163 e. The molecule has 114 valence electrons. The second-order valence-electron chi connectivity index (χ2n) is 4.86. The second-order valence-corrected chi connectivity index (χ2v) is 4.86. The maximum Gasteiger partial charge on any atom is 0.163 e. The van der Waals surface area contributed by atoms with Crippen LogP contribution in [0.25, 0.3) is 0 Å². The van der Waals surface area contributed by atoms with Crippen LogP contribution in [0.4, 0.5) is 4.39 Å². The van der Waals surface area contributed by atoms with Crippen LogP contribution in [0.1, 0.15) is 31.7 Å². The summed E-state index contributed by atoms with van der Waals surface area (Å²) < 4.78 is 24.1. The highest BCUT2D eigenvalue weighted by molar-refractivity contribution is 5.43. The van der Waals surface area contributed by atoms with Crippen LogP contribution in [0, 0.1) is 5.82 Å². The summed E-state index contributed by atoms with van der Waals surface area (Å²) in [7, 11) is 2.97. The molecule has 0 aliphatic heterocycles. The first-order valence-electron chi connectivity index (χ1n) is 6.87. The Morgan fingerprint density at radius 2 is 1.80 bits per heavy atom. The Balaban J connectivity index is 2.73. The van der Waals surface area contributed by atoms with E-state index in [0.717, 1.165) is 12.8 Å². The first-order valence-corrected chi connectivity index (χ1v) is 6.87. The lowest BCUT2D eigenvalue weighted by Crippen LogP contribution is -2.34. The van der Waals surface area contributed by atoms with Gasteiger partial charge in [0.15, 0.2) is 11.5 Å². The van der Waals surface area contributed by atoms with E-state index in [-0.39, 0.29) is 11.9 Å². The highest BCUT2D eigenvalue weighted by Crippen LogP contribution is 2.30. The second kappa shape index (κ2) is 8.07. The van der Waals surface area contributed by atoms with Crippen LogP contribution < -0.4 is 15.2 Å². The van der Waals surface area contributed by atoms with Gasteiger partial charge in [-0.15, -0.1) is 0 Å². The summed E-state index contributed by atoms with van der Waals surface area (Å²) in [4.78, 5) is 0. The number of nitrogens with two attached hydrogens (primary N) is 1. The molecule has 0 fully saturated rings. The van der Waals surface area contributed by atoms with Crippen molar-refractivity contribution in [2.45, 2.75) is 44.8 Å². The van der Waals surface area contributed by atoms with Gasteiger partial charge in [-0.25, -0.2) is 4.39 Å². The van der Waals surface area contributed by atoms with E-state index < -0.39 is 6.10 Å². The summed E-state index contributed by atoms with van der Waals surface area (Å²) in [6.45, 7) is 2.01. The number of ether oxygens (including phenoxy) is 2. The quantitative estimate of drug-likeness (QED) is 0.769. The third kappa shape index (κ3) is 4.35. The van der Waals surface area contributed by atoms with Gasteiger partial charge in [-0.3, -0.25) is 0 Å². The molecule has 0 bridgehead atoms. The first kappa shape index (κ1) is 16.7. The molecule has 1 aromatic rings. The summed E-state index contributed by atoms with van der Waals surface area (Å²) >= 11 is 0. The molecule has 2 atom stereocenters. The number of rotatable bonds is 8. The lowest BCUT2D eigenvalue weighted by Gasteiger charge is -2.18. The van der Waals surface area contributed by atoms with Crippen LogP contribution in [-0.2, 0) is 6.42 Å². The summed E-state index contributed by atoms with van der Waals surface area (Å²) in [5.41, 5.74) is 6.33. The molecule has 3 N–H and O–H groups in total. The highest BCUT2D eigenvalue weighted by atomic mass is 19.1. The number of hydrogen-bond donors (Lipinski definition) is 2. The molecule has 0 heterocycles. The third-order valence-corrected chi connectivity index (χ3v) is 3.38. The van der Waals surface area contributed by atoms with Gasteiger partial charge in [0.1, 0.15) is 5.82 Å². The fourth-order valence-electron chi connectivity index (χ4n) is 2.13. The van der Waals surface area contributed by atoms with Crippen molar-refractivity contribution in [1.82, 2.24) is 0 Å². The Bertz CT molecular complexity index is 426. The number of methoxy groups -OCH3 is 2. The summed E-state index contributed by atoms with van der Waals surface area (Å²) in [5, 5.41) is 9.92. The van der Waals surface area contributed by atoms with Gasteiger partial charge >= 0.3 is 0 Å². The highest BCUT2D eigenvalue weighted by Gasteiger charge is 2.16. The van der Waals surface area contributed by atoms with Crippen molar-refractivity contribution < 1.29 is 19.0 Å². The van der Waals surface area contributed by atoms with Crippen molar-refractivity contribution in [3.05, 3.63) is 23.5 Å². The van der Waals surface area contributed by atoms with Gasteiger partial charge in [0, 0.05) is 12.1 Å². The Hall–Kier alpha value is -1.33. The lowest BCUT2D eigenvalue weighted by molar-refractivity contribution is 0.130. The van der Waals surface area contributed by atoms with E-state index in [9.17, 15) is 9.50 Å². The van der Waals surface area contributed by atoms with Gasteiger partial charge in [0.2, 0.25) is 0 Å². The van der Waals surface area contributed by atoms with Crippen LogP contribution >= 0.6 is 0 Å². The van der Waals surface area contributed by atoms with Crippen LogP contribution in [-0.4, -0.2) is 31.5 Å². The zero-order chi connectivity index (χ0) is 15.1. The minimum atomic E-state index is -0.623. The Kier molecular flexibility index (Phi) is 6.75. The molecular formula is C15H24FNO3. The molecular weight excluding hydrogens is 261 g/mol. The summed E-state index contributed by atoms with van der Waals surface area (Å²) in [6, 6.07) is 2.64. The van der Waals surface area contributed by atoms with E-state index in [4.69, 9.17) is 15.2 Å². The molecule has 5 heteroatoms. The minimum Gasteiger partial charge on any atom is -0.493 e. The molecule has 0 aliphatic rings. The molecule has 4 nitrogen and oxygen atoms in total. The van der Waals surface area contributed by atoms with Gasteiger partial charge in [0.05, 0.1) is 20.3 Å². The predicted molar refractivity (Wildman–Crippen MR) is 76.7 cm³/mol. The third-order valence-electron chi connectivity index (χ3n) is 3.38. The molecule has 0 saturated heterocycles. The monoisotopic (exact) mass is 285 g/mol. The van der Waals surface area contributed by atoms with Crippen molar-refractivity contribution >= 4 is 0 Å². The lowest BCUT2D eigenvalue weighted by atomic mass is 9.99. The fraction of sp³-hybridized carbons (Fsp3) is 0.600. The Morgan fingerprint density at radius 3 is 2.35 bits per heavy atom. The SMILES string of the molecule is CCCC(N)C(O)CCc1cc(OC)c(OC)cc1F. The van der Waals surface area contributed by atoms with Gasteiger partial charge in [-0.2, -0.15) is 0 Å². The average molecular weight is 285 g/mol. The van der Waals surface area contributed by atoms with E-state index in [1.165, 1.54) is 20.3 Å². The average Bonchev–Trinajstić information content (AvgIpc) is 2.45. The minimum absolute atomic E-state index is 0.261. The van der Waals surface area contributed by atoms with Gasteiger partial charge in [-0.05, 0) is 30.9 Å². The predicted octanol–water partition coefficient (Wildman–Crippen LogP) is 2.26. The molecule has 2 unspecified atom stereocenters. The summed E-state index contributed by atoms with van der Waals surface area (Å²) in [6.07, 6.45) is 1.89. The maximum atomic E-state index is 13.9. The van der Waals surface area contributed by atoms with Gasteiger partial charge in [0.25, 0.3) is 0 Å². The van der Waals surface area contributed by atoms with Crippen LogP contribution in [0.5, 0.6) is 11.5 Å². The van der Waals surface area contributed by atoms with Crippen molar-refractivity contribution in [2.75, 3.05) is 14.2 Å². The van der Waals surface area contributed by atoms with Crippen molar-refractivity contribution in [3.8, 4) is 11.5 Å². The molecule has 1 rings (SSSR count). The molecule has 0 aromatic heterocycles. The van der Waals surface area contributed by atoms with Crippen LogP contribution in [0.2, 0.25) is 0 Å². The van der Waals surface area contributed by atoms with Gasteiger partial charge in [-0.1, -0.05) is 13.3 Å². The van der Waals surface area contributed by atoms with Crippen LogP contribution in [0.3, 0.4) is 0 Å². The van der Waals surface area contributed by atoms with E-state index in [1.54, 1.807) is 6.07 Å². The zero-order valence-corrected chi connectivity index (χ0v) is 12.4. The topological polar surface area (TPSA) is 64.7 Å². The number of aliphatic hydroxyl groups excluding tert-OH is 1. The number of aryl methyl sites for hydroxylation is 1. The first-order chi connectivity index (χ1) is 9.53. The molecule has 0 radical (unpaired) electrons. The largest absolute Gasteiger partial charge is 0.493 e. The van der Waals surface area contributed by atoms with E-state index in [1.807, 2.05) is 6.92 Å². The van der Waals surface area contributed by atoms with Crippen LogP contribution in [0.15, 0.2) is 12.1 Å². The number of aliphatic hydroxyl groups is 1. The number of benzene rings is 1. The molecule has 0 saturated carbocycles. The van der Waals surface area contributed by atoms with Crippen molar-refractivity contribution in [1.29, 1.82) is 0 Å². The van der Waals surface area contributed by atoms with E-state index >= 15 is 0 Å². The molecule has 20 heavy (non-hydrogen) atoms. The van der Waals surface area contributed by atoms with Crippen molar-refractivity contribution in [2.24, 2.45) is 5.73 Å². The molecule has 0 amide bonds. The molecule has 1 aromatic carbocycles. The van der Waals surface area contributed by atoms with Gasteiger partial charge < -0.3 is 20.3 Å². The number of hydrogen-bond acceptors (Lipinski definition) is 4. The van der Waals surface area contributed by atoms with E-state index in [2.05, 4.69) is 0 Å². The van der Waals surface area contributed by atoms with Crippen molar-refractivity contribution in [3.63, 3.8) is 0 Å². The molecule has 0 aliphatic carbocycles. The maximum absolute atomic E-state index is 13.9. The van der Waals surface area contributed by atoms with E-state index in [0.29, 0.717) is 29.9 Å².